The summed E-state index contributed by atoms with van der Waals surface area (Å²) in [7, 11) is 0. The number of aromatic nitrogens is 2. The monoisotopic (exact) mass is 715 g/mol. The zero-order chi connectivity index (χ0) is 32.6. The number of nitrogens with one attached hydrogen (secondary N) is 2. The molecule has 4 atom stereocenters. The van der Waals surface area contributed by atoms with Crippen LogP contribution in [0.15, 0.2) is 125 Å². The van der Waals surface area contributed by atoms with Gasteiger partial charge in [0.25, 0.3) is 0 Å². The number of aryl methyl sites for hydroxylation is 1. The predicted molar refractivity (Wildman–Crippen MR) is 183 cm³/mol. The maximum absolute atomic E-state index is 13.0. The van der Waals surface area contributed by atoms with Crippen molar-refractivity contribution in [3.63, 3.8) is 0 Å². The Morgan fingerprint density at radius 1 is 0.915 bits per heavy atom. The predicted octanol–water partition coefficient (Wildman–Crippen LogP) is 6.31. The van der Waals surface area contributed by atoms with Gasteiger partial charge in [-0.3, -0.25) is 0 Å². The van der Waals surface area contributed by atoms with E-state index in [1.807, 2.05) is 104 Å². The number of benzene rings is 4. The molecular formula is C36H34N3O6PSe. The van der Waals surface area contributed by atoms with Crippen LogP contribution in [0.5, 0.6) is 11.5 Å². The van der Waals surface area contributed by atoms with Crippen molar-refractivity contribution in [2.24, 2.45) is 0 Å². The molecule has 0 aliphatic carbocycles. The van der Waals surface area contributed by atoms with Gasteiger partial charge in [-0.2, -0.15) is 0 Å². The molecular weight excluding hydrogens is 680 g/mol. The molecule has 2 N–H and O–H groups in total. The molecule has 1 fully saturated rings. The Morgan fingerprint density at radius 2 is 1.51 bits per heavy atom. The van der Waals surface area contributed by atoms with Crippen molar-refractivity contribution in [3.8, 4) is 11.5 Å². The Kier molecular flexibility index (Phi) is 8.66. The average molecular weight is 715 g/mol. The Morgan fingerprint density at radius 3 is 2.17 bits per heavy atom. The van der Waals surface area contributed by atoms with Gasteiger partial charge in [-0.15, -0.1) is 0 Å². The first-order chi connectivity index (χ1) is 22.7. The number of para-hydroxylation sites is 3. The van der Waals surface area contributed by atoms with Crippen LogP contribution in [0.4, 0.5) is 5.69 Å². The molecule has 3 heterocycles. The van der Waals surface area contributed by atoms with Crippen LogP contribution in [-0.4, -0.2) is 50.1 Å². The molecule has 1 aromatic heterocycles. The number of H-pyrrole nitrogens is 1. The van der Waals surface area contributed by atoms with Crippen LogP contribution in [-0.2, 0) is 19.6 Å². The van der Waals surface area contributed by atoms with Gasteiger partial charge >= 0.3 is 281 Å². The van der Waals surface area contributed by atoms with Crippen LogP contribution < -0.4 is 21.1 Å². The summed E-state index contributed by atoms with van der Waals surface area (Å²) in [6, 6.07) is 35.8. The third-order valence-electron chi connectivity index (χ3n) is 8.48. The molecule has 0 bridgehead atoms. The van der Waals surface area contributed by atoms with Gasteiger partial charge < -0.3 is 0 Å². The second-order valence-electron chi connectivity index (χ2n) is 11.8. The molecule has 0 amide bonds. The van der Waals surface area contributed by atoms with Crippen LogP contribution >= 0.6 is 5.89 Å². The van der Waals surface area contributed by atoms with Crippen LogP contribution in [0, 0.1) is 6.92 Å². The van der Waals surface area contributed by atoms with Gasteiger partial charge in [0.05, 0.1) is 0 Å². The van der Waals surface area contributed by atoms with E-state index < -0.39 is 41.2 Å². The van der Waals surface area contributed by atoms with E-state index in [1.54, 1.807) is 6.92 Å². The minimum atomic E-state index is -2.31. The van der Waals surface area contributed by atoms with Gasteiger partial charge in [0, 0.05) is 0 Å². The number of fused-ring (bicyclic) bond motifs is 2. The third-order valence-corrected chi connectivity index (χ3v) is 10.9. The minimum absolute atomic E-state index is 0.126. The number of anilines is 1. The van der Waals surface area contributed by atoms with E-state index in [1.165, 1.54) is 10.8 Å². The van der Waals surface area contributed by atoms with Gasteiger partial charge in [0.2, 0.25) is 0 Å². The summed E-state index contributed by atoms with van der Waals surface area (Å²) in [6.45, 7) is 3.80. The quantitative estimate of drug-likeness (QED) is 0.136. The number of hydrogen-bond acceptors (Lipinski definition) is 7. The van der Waals surface area contributed by atoms with Gasteiger partial charge in [-0.25, -0.2) is 0 Å². The number of ether oxygens (including phenoxy) is 3. The molecule has 0 radical (unpaired) electrons. The number of aromatic amines is 1. The molecule has 9 nitrogen and oxygen atoms in total. The van der Waals surface area contributed by atoms with Gasteiger partial charge in [-0.1, -0.05) is 0 Å². The fourth-order valence-electron chi connectivity index (χ4n) is 6.35. The van der Waals surface area contributed by atoms with E-state index >= 15 is 0 Å². The van der Waals surface area contributed by atoms with E-state index in [0.29, 0.717) is 23.5 Å². The molecule has 1 saturated heterocycles. The van der Waals surface area contributed by atoms with Crippen molar-refractivity contribution in [1.29, 1.82) is 0 Å². The van der Waals surface area contributed by atoms with Gasteiger partial charge in [-0.05, 0) is 0 Å². The zero-order valence-electron chi connectivity index (χ0n) is 25.9. The summed E-state index contributed by atoms with van der Waals surface area (Å²) in [5, 5.41) is 3.52. The summed E-state index contributed by atoms with van der Waals surface area (Å²) < 4.78 is 28.4. The molecule has 5 aromatic rings. The van der Waals surface area contributed by atoms with Crippen molar-refractivity contribution < 1.29 is 18.7 Å². The Hall–Kier alpha value is -4.01. The number of nitrogens with zero attached hydrogens (tertiary/aromatic N) is 1. The fraction of sp³-hybridized carbons (Fsp3) is 0.222. The first kappa shape index (κ1) is 31.6. The van der Waals surface area contributed by atoms with Crippen molar-refractivity contribution in [3.05, 3.63) is 158 Å². The topological polar surface area (TPSA) is 104 Å². The number of rotatable bonds is 9. The van der Waals surface area contributed by atoms with Crippen LogP contribution in [0.3, 0.4) is 0 Å². The molecule has 2 aliphatic heterocycles. The normalized spacial score (nSPS) is 20.8. The van der Waals surface area contributed by atoms with Crippen LogP contribution in [0.25, 0.3) is 0 Å². The van der Waals surface area contributed by atoms with E-state index in [4.69, 9.17) is 18.7 Å². The van der Waals surface area contributed by atoms with Crippen molar-refractivity contribution >= 4 is 26.7 Å². The summed E-state index contributed by atoms with van der Waals surface area (Å²) in [5.74, 6) is -0.900. The molecule has 0 saturated carbocycles. The van der Waals surface area contributed by atoms with Crippen molar-refractivity contribution in [1.82, 2.24) is 9.55 Å². The SMILES string of the molecule is Cc1cn([C@H]2C[C@H](OP(C)(=[Se])Nc3ccccc3)[C@@H](COC3(c4ccccc4)c4ccccc4Oc4ccccc43)O2)c(=O)[nH]c1=O. The first-order valence-electron chi connectivity index (χ1n) is 15.4. The van der Waals surface area contributed by atoms with E-state index in [9.17, 15) is 9.59 Å². The van der Waals surface area contributed by atoms with Crippen molar-refractivity contribution in [2.45, 2.75) is 37.4 Å². The summed E-state index contributed by atoms with van der Waals surface area (Å²) in [4.78, 5) is 27.5. The van der Waals surface area contributed by atoms with E-state index in [2.05, 4.69) is 37.3 Å². The second-order valence-corrected chi connectivity index (χ2v) is 18.3. The molecule has 240 valence electrons. The molecule has 47 heavy (non-hydrogen) atoms. The second kappa shape index (κ2) is 12.9. The standard InChI is InChI=1S/C36H34N3O6PSe/c1-24-22-39(35(41)37-34(24)40)33-21-31(45-46(2,47)38-26-15-7-4-8-16-26)32(44-33)23-42-36(25-13-5-3-6-14-25)27-17-9-11-19-29(27)43-30-20-12-10-18-28(30)36/h3-20,22,31-33H,21,23H2,1-2H3,(H,38,47)(H,37,40,41)/t31-,32+,33+,46?/m0/s1. The first-order valence-corrected chi connectivity index (χ1v) is 19.7. The number of hydrogen-bond donors (Lipinski definition) is 2. The van der Waals surface area contributed by atoms with Crippen molar-refractivity contribution in [2.75, 3.05) is 18.4 Å². The Bertz CT molecular complexity index is 2020. The zero-order valence-corrected chi connectivity index (χ0v) is 28.5. The van der Waals surface area contributed by atoms with Gasteiger partial charge in [0.1, 0.15) is 0 Å². The summed E-state index contributed by atoms with van der Waals surface area (Å²) in [6.07, 6.45) is 0.175. The molecule has 1 unspecified atom stereocenters. The fourth-order valence-corrected chi connectivity index (χ4v) is 9.12. The molecule has 2 aliphatic rings. The molecule has 7 rings (SSSR count). The van der Waals surface area contributed by atoms with E-state index in [0.717, 1.165) is 22.4 Å². The maximum atomic E-state index is 13.0. The van der Waals surface area contributed by atoms with Crippen LogP contribution in [0.1, 0.15) is 34.9 Å². The summed E-state index contributed by atoms with van der Waals surface area (Å²) >= 11 is 3.25. The summed E-state index contributed by atoms with van der Waals surface area (Å²) in [5.41, 5.74) is 2.03. The Balaban J connectivity index is 1.27. The van der Waals surface area contributed by atoms with E-state index in [-0.39, 0.29) is 6.61 Å². The molecule has 0 spiro atoms. The Labute approximate surface area is 279 Å². The molecule has 4 aromatic carbocycles. The van der Waals surface area contributed by atoms with Gasteiger partial charge in [0.15, 0.2) is 0 Å². The third kappa shape index (κ3) is 6.21. The van der Waals surface area contributed by atoms with Crippen LogP contribution in [0.2, 0.25) is 0 Å². The average Bonchev–Trinajstić information content (AvgIpc) is 3.46. The molecule has 11 heteroatoms.